The van der Waals surface area contributed by atoms with Crippen molar-refractivity contribution in [1.29, 1.82) is 0 Å². The molecule has 138 valence electrons. The second kappa shape index (κ2) is 7.40. The van der Waals surface area contributed by atoms with Crippen LogP contribution in [0.1, 0.15) is 12.8 Å². The smallest absolute Gasteiger partial charge is 0.242 e. The highest BCUT2D eigenvalue weighted by atomic mass is 16.5. The van der Waals surface area contributed by atoms with Crippen LogP contribution >= 0.6 is 0 Å². The molecule has 9 heteroatoms. The van der Waals surface area contributed by atoms with Crippen molar-refractivity contribution in [2.24, 2.45) is 0 Å². The third kappa shape index (κ3) is 3.71. The van der Waals surface area contributed by atoms with Gasteiger partial charge in [-0.15, -0.1) is 15.3 Å². The van der Waals surface area contributed by atoms with Gasteiger partial charge in [-0.2, -0.15) is 4.52 Å². The Morgan fingerprint density at radius 1 is 1.22 bits per heavy atom. The number of hydrogen-bond acceptors (Lipinski definition) is 6. The quantitative estimate of drug-likeness (QED) is 0.617. The molecule has 1 saturated heterocycles. The molecule has 1 aromatic carbocycles. The fourth-order valence-corrected chi connectivity index (χ4v) is 2.88. The third-order valence-electron chi connectivity index (χ3n) is 4.23. The summed E-state index contributed by atoms with van der Waals surface area (Å²) in [6.45, 7) is 0.576. The predicted molar refractivity (Wildman–Crippen MR) is 95.9 cm³/mol. The van der Waals surface area contributed by atoms with Gasteiger partial charge in [0.1, 0.15) is 12.6 Å². The van der Waals surface area contributed by atoms with Crippen molar-refractivity contribution in [3.63, 3.8) is 0 Å². The van der Waals surface area contributed by atoms with E-state index in [1.807, 2.05) is 30.3 Å². The monoisotopic (exact) mass is 366 g/mol. The minimum Gasteiger partial charge on any atom is -0.475 e. The van der Waals surface area contributed by atoms with Gasteiger partial charge in [-0.05, 0) is 12.5 Å². The van der Waals surface area contributed by atoms with E-state index in [2.05, 4.69) is 25.9 Å². The van der Waals surface area contributed by atoms with Gasteiger partial charge < -0.3 is 15.4 Å². The van der Waals surface area contributed by atoms with Crippen molar-refractivity contribution in [1.82, 2.24) is 30.4 Å². The number of carbonyl (C=O) groups excluding carboxylic acids is 2. The van der Waals surface area contributed by atoms with Gasteiger partial charge in [-0.25, -0.2) is 0 Å². The molecule has 1 aliphatic rings. The molecule has 1 fully saturated rings. The van der Waals surface area contributed by atoms with Crippen molar-refractivity contribution >= 4 is 17.5 Å². The largest absolute Gasteiger partial charge is 0.475 e. The molecule has 0 saturated carbocycles. The molecule has 3 heterocycles. The number of nitrogens with zero attached hydrogens (tertiary/aromatic N) is 4. The molecule has 0 bridgehead atoms. The van der Waals surface area contributed by atoms with E-state index in [0.29, 0.717) is 36.7 Å². The van der Waals surface area contributed by atoms with Crippen LogP contribution in [0.5, 0.6) is 5.88 Å². The maximum absolute atomic E-state index is 11.9. The summed E-state index contributed by atoms with van der Waals surface area (Å²) >= 11 is 0. The van der Waals surface area contributed by atoms with E-state index >= 15 is 0 Å². The Morgan fingerprint density at radius 2 is 2.07 bits per heavy atom. The number of aromatic nitrogens is 4. The molecule has 27 heavy (non-hydrogen) atoms. The average Bonchev–Trinajstić information content (AvgIpc) is 3.32. The van der Waals surface area contributed by atoms with Crippen LogP contribution in [-0.4, -0.2) is 50.8 Å². The molecule has 9 nitrogen and oxygen atoms in total. The normalized spacial score (nSPS) is 16.3. The van der Waals surface area contributed by atoms with E-state index in [1.54, 1.807) is 16.6 Å². The number of fused-ring (bicyclic) bond motifs is 1. The zero-order chi connectivity index (χ0) is 18.6. The number of amides is 2. The lowest BCUT2D eigenvalue weighted by Crippen LogP contribution is -2.42. The summed E-state index contributed by atoms with van der Waals surface area (Å²) in [7, 11) is 0. The van der Waals surface area contributed by atoms with Crippen LogP contribution in [0.3, 0.4) is 0 Å². The molecular weight excluding hydrogens is 348 g/mol. The summed E-state index contributed by atoms with van der Waals surface area (Å²) in [6, 6.07) is 12.7. The number of carbonyl (C=O) groups is 2. The molecule has 0 spiro atoms. The second-order valence-electron chi connectivity index (χ2n) is 6.13. The highest BCUT2D eigenvalue weighted by molar-refractivity contribution is 5.90. The van der Waals surface area contributed by atoms with Crippen LogP contribution in [0.15, 0.2) is 42.5 Å². The molecule has 2 aromatic heterocycles. The van der Waals surface area contributed by atoms with Gasteiger partial charge >= 0.3 is 0 Å². The average molecular weight is 366 g/mol. The number of nitrogens with one attached hydrogen (secondary N) is 2. The van der Waals surface area contributed by atoms with E-state index in [9.17, 15) is 9.59 Å². The molecule has 0 radical (unpaired) electrons. The fourth-order valence-electron chi connectivity index (χ4n) is 2.88. The Labute approximate surface area is 154 Å². The van der Waals surface area contributed by atoms with E-state index in [4.69, 9.17) is 4.74 Å². The van der Waals surface area contributed by atoms with Gasteiger partial charge in [0.2, 0.25) is 17.7 Å². The highest BCUT2D eigenvalue weighted by Gasteiger charge is 2.26. The Kier molecular flexibility index (Phi) is 4.65. The minimum atomic E-state index is -0.447. The summed E-state index contributed by atoms with van der Waals surface area (Å²) in [6.07, 6.45) is 0.918. The topological polar surface area (TPSA) is 111 Å². The van der Waals surface area contributed by atoms with Crippen molar-refractivity contribution in [2.45, 2.75) is 18.9 Å². The lowest BCUT2D eigenvalue weighted by molar-refractivity contribution is -0.125. The van der Waals surface area contributed by atoms with E-state index in [1.165, 1.54) is 0 Å². The van der Waals surface area contributed by atoms with Gasteiger partial charge in [0.05, 0.1) is 6.54 Å². The summed E-state index contributed by atoms with van der Waals surface area (Å²) in [4.78, 5) is 23.1. The zero-order valence-corrected chi connectivity index (χ0v) is 14.5. The van der Waals surface area contributed by atoms with Crippen molar-refractivity contribution in [3.8, 4) is 17.3 Å². The molecule has 1 aliphatic heterocycles. The standard InChI is InChI=1S/C18H18N6O3/c25-15-8-6-13(20-15)18(26)19-10-11-27-16-9-7-14-21-22-17(24(14)23-16)12-4-2-1-3-5-12/h1-5,7,9,13H,6,8,10-11H2,(H,19,26)(H,20,25). The SMILES string of the molecule is O=C1CCC(C(=O)NCCOc2ccc3nnc(-c4ccccc4)n3n2)N1. The lowest BCUT2D eigenvalue weighted by atomic mass is 10.2. The van der Waals surface area contributed by atoms with Gasteiger partial charge in [-0.3, -0.25) is 9.59 Å². The predicted octanol–water partition coefficient (Wildman–Crippen LogP) is 0.565. The summed E-state index contributed by atoms with van der Waals surface area (Å²) < 4.78 is 7.24. The Bertz CT molecular complexity index is 972. The van der Waals surface area contributed by atoms with Crippen molar-refractivity contribution in [2.75, 3.05) is 13.2 Å². The first-order chi connectivity index (χ1) is 13.2. The summed E-state index contributed by atoms with van der Waals surface area (Å²) in [5.74, 6) is 0.745. The second-order valence-corrected chi connectivity index (χ2v) is 6.13. The molecule has 1 unspecified atom stereocenters. The zero-order valence-electron chi connectivity index (χ0n) is 14.5. The Morgan fingerprint density at radius 3 is 2.85 bits per heavy atom. The van der Waals surface area contributed by atoms with Gasteiger partial charge in [0.15, 0.2) is 11.5 Å². The number of ether oxygens (including phenoxy) is 1. The third-order valence-corrected chi connectivity index (χ3v) is 4.23. The molecule has 1 atom stereocenters. The van der Waals surface area contributed by atoms with Gasteiger partial charge in [0.25, 0.3) is 0 Å². The molecule has 0 aliphatic carbocycles. The van der Waals surface area contributed by atoms with E-state index in [-0.39, 0.29) is 18.4 Å². The van der Waals surface area contributed by atoms with Gasteiger partial charge in [0, 0.05) is 18.1 Å². The Balaban J connectivity index is 1.37. The van der Waals surface area contributed by atoms with E-state index in [0.717, 1.165) is 5.56 Å². The number of hydrogen-bond donors (Lipinski definition) is 2. The first kappa shape index (κ1) is 17.0. The molecular formula is C18H18N6O3. The summed E-state index contributed by atoms with van der Waals surface area (Å²) in [5, 5.41) is 18.1. The van der Waals surface area contributed by atoms with Crippen LogP contribution in [-0.2, 0) is 9.59 Å². The maximum atomic E-state index is 11.9. The maximum Gasteiger partial charge on any atom is 0.242 e. The molecule has 2 N–H and O–H groups in total. The van der Waals surface area contributed by atoms with Crippen LogP contribution in [0, 0.1) is 0 Å². The van der Waals surface area contributed by atoms with E-state index < -0.39 is 6.04 Å². The lowest BCUT2D eigenvalue weighted by Gasteiger charge is -2.11. The van der Waals surface area contributed by atoms with Crippen LogP contribution in [0.4, 0.5) is 0 Å². The van der Waals surface area contributed by atoms with Gasteiger partial charge in [-0.1, -0.05) is 30.3 Å². The fraction of sp³-hybridized carbons (Fsp3) is 0.278. The molecule has 4 rings (SSSR count). The minimum absolute atomic E-state index is 0.0907. The number of benzene rings is 1. The molecule has 2 amide bonds. The highest BCUT2D eigenvalue weighted by Crippen LogP contribution is 2.18. The Hall–Kier alpha value is -3.49. The number of rotatable bonds is 6. The van der Waals surface area contributed by atoms with Crippen LogP contribution in [0.25, 0.3) is 17.0 Å². The summed E-state index contributed by atoms with van der Waals surface area (Å²) in [5.41, 5.74) is 1.52. The first-order valence-electron chi connectivity index (χ1n) is 8.68. The van der Waals surface area contributed by atoms with Crippen LogP contribution < -0.4 is 15.4 Å². The van der Waals surface area contributed by atoms with Crippen molar-refractivity contribution in [3.05, 3.63) is 42.5 Å². The van der Waals surface area contributed by atoms with Crippen molar-refractivity contribution < 1.29 is 14.3 Å². The van der Waals surface area contributed by atoms with Crippen LogP contribution in [0.2, 0.25) is 0 Å². The molecule has 3 aromatic rings. The first-order valence-corrected chi connectivity index (χ1v) is 8.68.